The highest BCUT2D eigenvalue weighted by atomic mass is 35.5. The van der Waals surface area contributed by atoms with Crippen molar-refractivity contribution < 1.29 is 4.79 Å². The number of rotatable bonds is 3. The summed E-state index contributed by atoms with van der Waals surface area (Å²) in [6, 6.07) is 3.06. The van der Waals surface area contributed by atoms with Gasteiger partial charge in [-0.15, -0.1) is 0 Å². The molecule has 0 saturated carbocycles. The third-order valence-corrected chi connectivity index (χ3v) is 4.28. The molecule has 0 radical (unpaired) electrons. The van der Waals surface area contributed by atoms with Crippen LogP contribution in [-0.2, 0) is 0 Å². The molecule has 0 aliphatic carbocycles. The van der Waals surface area contributed by atoms with E-state index in [1.165, 1.54) is 12.1 Å². The Bertz CT molecular complexity index is 479. The van der Waals surface area contributed by atoms with Crippen molar-refractivity contribution >= 4 is 29.1 Å². The van der Waals surface area contributed by atoms with E-state index in [1.54, 1.807) is 0 Å². The van der Waals surface area contributed by atoms with Crippen molar-refractivity contribution in [2.45, 2.75) is 19.8 Å². The summed E-state index contributed by atoms with van der Waals surface area (Å²) >= 11 is 11.6. The number of pyridine rings is 1. The van der Waals surface area contributed by atoms with Crippen molar-refractivity contribution in [2.75, 3.05) is 26.7 Å². The van der Waals surface area contributed by atoms with E-state index in [0.717, 1.165) is 25.9 Å². The SMILES string of the molecule is CN1CCC(C)(CNC(=O)c2cc(Cl)nc(Cl)c2)CC1. The zero-order valence-corrected chi connectivity index (χ0v) is 13.3. The van der Waals surface area contributed by atoms with Crippen molar-refractivity contribution in [3.8, 4) is 0 Å². The van der Waals surface area contributed by atoms with Crippen molar-refractivity contribution in [2.24, 2.45) is 5.41 Å². The van der Waals surface area contributed by atoms with Crippen LogP contribution in [0.5, 0.6) is 0 Å². The Morgan fingerprint density at radius 1 is 1.35 bits per heavy atom. The molecule has 2 heterocycles. The van der Waals surface area contributed by atoms with Crippen LogP contribution >= 0.6 is 23.2 Å². The number of hydrogen-bond acceptors (Lipinski definition) is 3. The van der Waals surface area contributed by atoms with Gasteiger partial charge >= 0.3 is 0 Å². The smallest absolute Gasteiger partial charge is 0.251 e. The van der Waals surface area contributed by atoms with E-state index in [9.17, 15) is 4.79 Å². The lowest BCUT2D eigenvalue weighted by Gasteiger charge is -2.37. The number of carbonyl (C=O) groups excluding carboxylic acids is 1. The minimum atomic E-state index is -0.156. The molecule has 4 nitrogen and oxygen atoms in total. The molecule has 0 unspecified atom stereocenters. The normalized spacial score (nSPS) is 18.8. The molecule has 1 aromatic rings. The van der Waals surface area contributed by atoms with Gasteiger partial charge in [0.1, 0.15) is 10.3 Å². The second-order valence-corrected chi connectivity index (χ2v) is 6.57. The number of aromatic nitrogens is 1. The minimum Gasteiger partial charge on any atom is -0.351 e. The van der Waals surface area contributed by atoms with Gasteiger partial charge in [0.05, 0.1) is 0 Å². The van der Waals surface area contributed by atoms with E-state index in [2.05, 4.69) is 29.2 Å². The van der Waals surface area contributed by atoms with E-state index in [-0.39, 0.29) is 21.6 Å². The molecule has 1 aliphatic heterocycles. The Morgan fingerprint density at radius 3 is 2.45 bits per heavy atom. The molecule has 0 bridgehead atoms. The van der Waals surface area contributed by atoms with E-state index >= 15 is 0 Å². The van der Waals surface area contributed by atoms with Crippen LogP contribution < -0.4 is 5.32 Å². The van der Waals surface area contributed by atoms with Crippen LogP contribution in [0.15, 0.2) is 12.1 Å². The van der Waals surface area contributed by atoms with Crippen molar-refractivity contribution in [1.29, 1.82) is 0 Å². The first-order chi connectivity index (χ1) is 9.38. The van der Waals surface area contributed by atoms with Crippen molar-refractivity contribution in [3.63, 3.8) is 0 Å². The lowest BCUT2D eigenvalue weighted by atomic mass is 9.80. The first-order valence-corrected chi connectivity index (χ1v) is 7.43. The Balaban J connectivity index is 1.95. The fraction of sp³-hybridized carbons (Fsp3) is 0.571. The molecule has 20 heavy (non-hydrogen) atoms. The third kappa shape index (κ3) is 4.08. The zero-order chi connectivity index (χ0) is 14.8. The summed E-state index contributed by atoms with van der Waals surface area (Å²) in [5.41, 5.74) is 0.606. The van der Waals surface area contributed by atoms with E-state index < -0.39 is 0 Å². The Kier molecular flexibility index (Phi) is 4.89. The fourth-order valence-electron chi connectivity index (χ4n) is 2.33. The highest BCUT2D eigenvalue weighted by Crippen LogP contribution is 2.29. The van der Waals surface area contributed by atoms with Gasteiger partial charge in [0.2, 0.25) is 0 Å². The first kappa shape index (κ1) is 15.5. The van der Waals surface area contributed by atoms with Gasteiger partial charge in [0.25, 0.3) is 5.91 Å². The number of piperidine rings is 1. The number of nitrogens with one attached hydrogen (secondary N) is 1. The fourth-order valence-corrected chi connectivity index (χ4v) is 2.79. The summed E-state index contributed by atoms with van der Waals surface area (Å²) in [6.07, 6.45) is 2.17. The molecule has 1 amide bonds. The predicted octanol–water partition coefficient (Wildman–Crippen LogP) is 2.85. The van der Waals surface area contributed by atoms with Crippen LogP contribution in [0.1, 0.15) is 30.1 Å². The Labute approximate surface area is 129 Å². The van der Waals surface area contributed by atoms with Gasteiger partial charge < -0.3 is 10.2 Å². The maximum Gasteiger partial charge on any atom is 0.251 e. The van der Waals surface area contributed by atoms with Crippen molar-refractivity contribution in [1.82, 2.24) is 15.2 Å². The molecule has 0 aromatic carbocycles. The third-order valence-electron chi connectivity index (χ3n) is 3.89. The molecule has 1 N–H and O–H groups in total. The van der Waals surface area contributed by atoms with Gasteiger partial charge in [-0.05, 0) is 50.5 Å². The molecule has 6 heteroatoms. The number of carbonyl (C=O) groups is 1. The molecule has 2 rings (SSSR count). The minimum absolute atomic E-state index is 0.156. The van der Waals surface area contributed by atoms with Crippen LogP contribution in [0.4, 0.5) is 0 Å². The maximum absolute atomic E-state index is 12.1. The van der Waals surface area contributed by atoms with Gasteiger partial charge in [-0.1, -0.05) is 30.1 Å². The summed E-state index contributed by atoms with van der Waals surface area (Å²) in [7, 11) is 2.12. The van der Waals surface area contributed by atoms with Crippen LogP contribution in [0.25, 0.3) is 0 Å². The molecule has 0 spiro atoms. The summed E-state index contributed by atoms with van der Waals surface area (Å²) < 4.78 is 0. The van der Waals surface area contributed by atoms with Crippen LogP contribution in [0, 0.1) is 5.41 Å². The quantitative estimate of drug-likeness (QED) is 0.872. The highest BCUT2D eigenvalue weighted by molar-refractivity contribution is 6.33. The second-order valence-electron chi connectivity index (χ2n) is 5.80. The Morgan fingerprint density at radius 2 is 1.90 bits per heavy atom. The van der Waals surface area contributed by atoms with Gasteiger partial charge in [-0.25, -0.2) is 4.98 Å². The molecule has 1 aromatic heterocycles. The summed E-state index contributed by atoms with van der Waals surface area (Å²) in [4.78, 5) is 18.3. The molecule has 1 aliphatic rings. The Hall–Kier alpha value is -0.840. The first-order valence-electron chi connectivity index (χ1n) is 6.68. The summed E-state index contributed by atoms with van der Waals surface area (Å²) in [6.45, 7) is 5.02. The lowest BCUT2D eigenvalue weighted by Crippen LogP contribution is -2.43. The molecule has 0 atom stereocenters. The van der Waals surface area contributed by atoms with Gasteiger partial charge in [-0.3, -0.25) is 4.79 Å². The predicted molar refractivity (Wildman–Crippen MR) is 81.4 cm³/mol. The molecular weight excluding hydrogens is 297 g/mol. The van der Waals surface area contributed by atoms with Crippen LogP contribution in [0.2, 0.25) is 10.3 Å². The van der Waals surface area contributed by atoms with Gasteiger partial charge in [0.15, 0.2) is 0 Å². The lowest BCUT2D eigenvalue weighted by molar-refractivity contribution is 0.0891. The average Bonchev–Trinajstić information content (AvgIpc) is 2.39. The van der Waals surface area contributed by atoms with Gasteiger partial charge in [-0.2, -0.15) is 0 Å². The van der Waals surface area contributed by atoms with Crippen LogP contribution in [-0.4, -0.2) is 42.5 Å². The van der Waals surface area contributed by atoms with E-state index in [4.69, 9.17) is 23.2 Å². The summed E-state index contributed by atoms with van der Waals surface area (Å²) in [5.74, 6) is -0.156. The standard InChI is InChI=1S/C14H19Cl2N3O/c1-14(3-5-19(2)6-4-14)9-17-13(20)10-7-11(15)18-12(16)8-10/h7-8H,3-6,9H2,1-2H3,(H,17,20). The topological polar surface area (TPSA) is 45.2 Å². The number of nitrogens with zero attached hydrogens (tertiary/aromatic N) is 2. The molecule has 1 saturated heterocycles. The maximum atomic E-state index is 12.1. The van der Waals surface area contributed by atoms with Gasteiger partial charge in [0, 0.05) is 12.1 Å². The van der Waals surface area contributed by atoms with E-state index in [0.29, 0.717) is 12.1 Å². The number of halogens is 2. The number of likely N-dealkylation sites (tertiary alicyclic amines) is 1. The monoisotopic (exact) mass is 315 g/mol. The zero-order valence-electron chi connectivity index (χ0n) is 11.7. The number of hydrogen-bond donors (Lipinski definition) is 1. The van der Waals surface area contributed by atoms with Crippen LogP contribution in [0.3, 0.4) is 0 Å². The molecular formula is C14H19Cl2N3O. The second kappa shape index (κ2) is 6.29. The van der Waals surface area contributed by atoms with Crippen molar-refractivity contribution in [3.05, 3.63) is 28.0 Å². The highest BCUT2D eigenvalue weighted by Gasteiger charge is 2.29. The number of amides is 1. The largest absolute Gasteiger partial charge is 0.351 e. The van der Waals surface area contributed by atoms with E-state index in [1.807, 2.05) is 0 Å². The molecule has 110 valence electrons. The average molecular weight is 316 g/mol. The molecule has 1 fully saturated rings. The summed E-state index contributed by atoms with van der Waals surface area (Å²) in [5, 5.41) is 3.44.